The fraction of sp³-hybridized carbons (Fsp3) is 0. The number of nitrogens with one attached hydrogen (secondary N) is 1. The Morgan fingerprint density at radius 2 is 1.18 bits per heavy atom. The van der Waals surface area contributed by atoms with Crippen LogP contribution in [0.15, 0.2) is 36.7 Å². The van der Waals surface area contributed by atoms with E-state index < -0.39 is 40.5 Å². The molecule has 28 heavy (non-hydrogen) atoms. The second kappa shape index (κ2) is 5.69. The molecule has 9 heteroatoms. The summed E-state index contributed by atoms with van der Waals surface area (Å²) in [4.78, 5) is 15.4. The molecule has 138 valence electrons. The van der Waals surface area contributed by atoms with Crippen LogP contribution in [0.25, 0.3) is 44.2 Å². The molecule has 3 aromatic heterocycles. The summed E-state index contributed by atoms with van der Waals surface area (Å²) in [6.07, 6.45) is 3.11. The highest BCUT2D eigenvalue weighted by atomic mass is 19.2. The number of hydrogen-bond donors (Lipinski definition) is 1. The van der Waals surface area contributed by atoms with Gasteiger partial charge in [-0.1, -0.05) is 0 Å². The summed E-state index contributed by atoms with van der Waals surface area (Å²) < 4.78 is 69.1. The predicted octanol–water partition coefficient (Wildman–Crippen LogP) is 5.02. The van der Waals surface area contributed by atoms with Crippen molar-refractivity contribution < 1.29 is 22.0 Å². The van der Waals surface area contributed by atoms with Crippen LogP contribution in [0.3, 0.4) is 0 Å². The number of aromatic nitrogens is 4. The molecular weight excluding hydrogens is 379 g/mol. The summed E-state index contributed by atoms with van der Waals surface area (Å²) in [6.45, 7) is 0. The molecule has 5 aromatic rings. The number of hydrogen-bond acceptors (Lipinski definition) is 3. The van der Waals surface area contributed by atoms with Gasteiger partial charge in [0.1, 0.15) is 5.82 Å². The highest BCUT2D eigenvalue weighted by molar-refractivity contribution is 6.21. The van der Waals surface area contributed by atoms with Crippen LogP contribution in [0.5, 0.6) is 0 Å². The maximum absolute atomic E-state index is 14.2. The maximum atomic E-state index is 14.2. The number of rotatable bonds is 1. The van der Waals surface area contributed by atoms with E-state index in [4.69, 9.17) is 0 Å². The Morgan fingerprint density at radius 1 is 0.643 bits per heavy atom. The van der Waals surface area contributed by atoms with Crippen molar-refractivity contribution in [3.63, 3.8) is 0 Å². The zero-order chi connectivity index (χ0) is 19.6. The van der Waals surface area contributed by atoms with Gasteiger partial charge in [0, 0.05) is 23.2 Å². The van der Waals surface area contributed by atoms with Crippen molar-refractivity contribution >= 4 is 32.8 Å². The predicted molar refractivity (Wildman–Crippen MR) is 91.9 cm³/mol. The monoisotopic (exact) mass is 386 g/mol. The van der Waals surface area contributed by atoms with Crippen LogP contribution >= 0.6 is 0 Å². The standard InChI is InChI=1S/C19H7F5N4/c20-10-9(11(21)13(23)14(24)12(10)22)19-27-17-7-3-1-5-25-15(7)16-8(18(17)28-19)4-2-6-26-16/h1-6H,(H,27,28). The van der Waals surface area contributed by atoms with E-state index in [9.17, 15) is 22.0 Å². The summed E-state index contributed by atoms with van der Waals surface area (Å²) >= 11 is 0. The lowest BCUT2D eigenvalue weighted by molar-refractivity contribution is 0.381. The summed E-state index contributed by atoms with van der Waals surface area (Å²) in [5, 5.41) is 1.07. The van der Waals surface area contributed by atoms with Gasteiger partial charge in [0.25, 0.3) is 0 Å². The van der Waals surface area contributed by atoms with Gasteiger partial charge < -0.3 is 4.98 Å². The van der Waals surface area contributed by atoms with Crippen molar-refractivity contribution in [1.82, 2.24) is 19.9 Å². The van der Waals surface area contributed by atoms with Crippen molar-refractivity contribution in [1.29, 1.82) is 0 Å². The third kappa shape index (κ3) is 2.07. The fourth-order valence-corrected chi connectivity index (χ4v) is 3.28. The molecule has 0 saturated heterocycles. The van der Waals surface area contributed by atoms with Crippen LogP contribution < -0.4 is 0 Å². The van der Waals surface area contributed by atoms with Crippen molar-refractivity contribution in [2.45, 2.75) is 0 Å². The number of nitrogens with zero attached hydrogens (tertiary/aromatic N) is 3. The van der Waals surface area contributed by atoms with Crippen LogP contribution in [-0.4, -0.2) is 19.9 Å². The third-order valence-corrected chi connectivity index (χ3v) is 4.51. The Bertz CT molecular complexity index is 1330. The first-order valence-corrected chi connectivity index (χ1v) is 8.02. The quantitative estimate of drug-likeness (QED) is 0.190. The van der Waals surface area contributed by atoms with E-state index in [0.29, 0.717) is 27.3 Å². The molecule has 0 aliphatic heterocycles. The van der Waals surface area contributed by atoms with E-state index in [-0.39, 0.29) is 5.52 Å². The molecule has 0 fully saturated rings. The number of H-pyrrole nitrogens is 1. The number of benzene rings is 2. The normalized spacial score (nSPS) is 11.8. The molecule has 5 rings (SSSR count). The number of halogens is 5. The highest BCUT2D eigenvalue weighted by Gasteiger charge is 2.29. The molecular formula is C19H7F5N4. The van der Waals surface area contributed by atoms with E-state index in [2.05, 4.69) is 19.9 Å². The Labute approximate surface area is 152 Å². The maximum Gasteiger partial charge on any atom is 0.200 e. The van der Waals surface area contributed by atoms with E-state index >= 15 is 0 Å². The first-order valence-electron chi connectivity index (χ1n) is 8.02. The molecule has 2 aromatic carbocycles. The van der Waals surface area contributed by atoms with Crippen molar-refractivity contribution in [2.75, 3.05) is 0 Å². The Balaban J connectivity index is 1.96. The zero-order valence-electron chi connectivity index (χ0n) is 13.7. The van der Waals surface area contributed by atoms with Crippen LogP contribution in [0.4, 0.5) is 22.0 Å². The summed E-state index contributed by atoms with van der Waals surface area (Å²) in [7, 11) is 0. The lowest BCUT2D eigenvalue weighted by Crippen LogP contribution is -2.04. The fourth-order valence-electron chi connectivity index (χ4n) is 3.28. The van der Waals surface area contributed by atoms with E-state index in [1.54, 1.807) is 36.7 Å². The molecule has 0 bridgehead atoms. The van der Waals surface area contributed by atoms with Crippen LogP contribution in [0.1, 0.15) is 0 Å². The van der Waals surface area contributed by atoms with E-state index in [1.807, 2.05) is 0 Å². The van der Waals surface area contributed by atoms with Crippen molar-refractivity contribution in [3.8, 4) is 11.4 Å². The molecule has 4 nitrogen and oxygen atoms in total. The lowest BCUT2D eigenvalue weighted by atomic mass is 10.1. The van der Waals surface area contributed by atoms with Crippen LogP contribution in [0, 0.1) is 29.1 Å². The third-order valence-electron chi connectivity index (χ3n) is 4.51. The first kappa shape index (κ1) is 16.5. The van der Waals surface area contributed by atoms with Gasteiger partial charge in [0.15, 0.2) is 23.3 Å². The van der Waals surface area contributed by atoms with E-state index in [0.717, 1.165) is 0 Å². The Hall–Kier alpha value is -3.62. The summed E-state index contributed by atoms with van der Waals surface area (Å²) in [6, 6.07) is 6.67. The molecule has 0 spiro atoms. The van der Waals surface area contributed by atoms with Gasteiger partial charge in [-0.25, -0.2) is 26.9 Å². The average molecular weight is 386 g/mol. The Morgan fingerprint density at radius 3 is 1.82 bits per heavy atom. The Kier molecular flexibility index (Phi) is 3.36. The van der Waals surface area contributed by atoms with Gasteiger partial charge in [-0.2, -0.15) is 0 Å². The lowest BCUT2D eigenvalue weighted by Gasteiger charge is -2.05. The summed E-state index contributed by atoms with van der Waals surface area (Å²) in [5.74, 6) is -10.7. The van der Waals surface area contributed by atoms with Gasteiger partial charge in [0.2, 0.25) is 5.82 Å². The zero-order valence-corrected chi connectivity index (χ0v) is 13.7. The van der Waals surface area contributed by atoms with Gasteiger partial charge in [-0.3, -0.25) is 9.97 Å². The smallest absolute Gasteiger partial charge is 0.200 e. The van der Waals surface area contributed by atoms with E-state index in [1.165, 1.54) is 0 Å². The topological polar surface area (TPSA) is 54.5 Å². The number of fused-ring (bicyclic) bond motifs is 6. The minimum absolute atomic E-state index is 0.280. The molecule has 0 atom stereocenters. The molecule has 3 heterocycles. The second-order valence-corrected chi connectivity index (χ2v) is 6.05. The van der Waals surface area contributed by atoms with Crippen molar-refractivity contribution in [2.24, 2.45) is 0 Å². The molecule has 0 radical (unpaired) electrons. The van der Waals surface area contributed by atoms with Gasteiger partial charge >= 0.3 is 0 Å². The van der Waals surface area contributed by atoms with Crippen LogP contribution in [-0.2, 0) is 0 Å². The summed E-state index contributed by atoms with van der Waals surface area (Å²) in [5.41, 5.74) is 0.519. The molecule has 0 saturated carbocycles. The molecule has 0 aliphatic carbocycles. The van der Waals surface area contributed by atoms with Gasteiger partial charge in [-0.05, 0) is 24.3 Å². The second-order valence-electron chi connectivity index (χ2n) is 6.05. The molecule has 0 amide bonds. The highest BCUT2D eigenvalue weighted by Crippen LogP contribution is 2.35. The van der Waals surface area contributed by atoms with Gasteiger partial charge in [-0.15, -0.1) is 0 Å². The minimum atomic E-state index is -2.22. The van der Waals surface area contributed by atoms with Gasteiger partial charge in [0.05, 0.1) is 27.6 Å². The first-order chi connectivity index (χ1) is 13.5. The molecule has 1 N–H and O–H groups in total. The SMILES string of the molecule is Fc1c(F)c(F)c(-c2nc3c4cccnc4c4ncccc4c3[nH]2)c(F)c1F. The largest absolute Gasteiger partial charge is 0.337 e. The number of aromatic amines is 1. The molecule has 0 aliphatic rings. The minimum Gasteiger partial charge on any atom is -0.337 e. The molecule has 0 unspecified atom stereocenters. The van der Waals surface area contributed by atoms with Crippen molar-refractivity contribution in [3.05, 3.63) is 65.7 Å². The average Bonchev–Trinajstić information content (AvgIpc) is 3.16. The number of imidazole rings is 1. The number of pyridine rings is 2. The van der Waals surface area contributed by atoms with Crippen LogP contribution in [0.2, 0.25) is 0 Å².